The minimum absolute atomic E-state index is 0.0714. The molecule has 0 bridgehead atoms. The zero-order valence-electron chi connectivity index (χ0n) is 11.3. The molecular weight excluding hydrogens is 236 g/mol. The molecule has 0 aliphatic rings. The lowest BCUT2D eigenvalue weighted by molar-refractivity contribution is -0.155. The van der Waals surface area contributed by atoms with Crippen molar-refractivity contribution in [1.29, 1.82) is 0 Å². The number of carboxylic acid groups (broad SMARTS) is 2. The summed E-state index contributed by atoms with van der Waals surface area (Å²) in [5.74, 6) is -4.92. The van der Waals surface area contributed by atoms with Crippen LogP contribution in [0.2, 0.25) is 0 Å². The van der Waals surface area contributed by atoms with Crippen LogP contribution in [0.15, 0.2) is 0 Å². The topological polar surface area (TPSA) is 91.7 Å². The maximum Gasteiger partial charge on any atom is 0.307 e. The Kier molecular flexibility index (Phi) is 6.58. The summed E-state index contributed by atoms with van der Waals surface area (Å²) in [4.78, 5) is 33.9. The Morgan fingerprint density at radius 2 is 1.33 bits per heavy atom. The van der Waals surface area contributed by atoms with Crippen molar-refractivity contribution < 1.29 is 24.6 Å². The van der Waals surface area contributed by atoms with Gasteiger partial charge in [-0.3, -0.25) is 14.4 Å². The predicted molar refractivity (Wildman–Crippen MR) is 66.2 cm³/mol. The molecule has 0 heterocycles. The fourth-order valence-corrected chi connectivity index (χ4v) is 1.80. The number of carbonyl (C=O) groups excluding carboxylic acids is 1. The highest BCUT2D eigenvalue weighted by atomic mass is 16.4. The minimum Gasteiger partial charge on any atom is -0.481 e. The normalized spacial score (nSPS) is 14.6. The Labute approximate surface area is 107 Å². The van der Waals surface area contributed by atoms with Crippen molar-refractivity contribution in [2.75, 3.05) is 0 Å². The first-order valence-electron chi connectivity index (χ1n) is 6.15. The lowest BCUT2D eigenvalue weighted by Crippen LogP contribution is -2.33. The number of Topliss-reactive ketones (excluding diaryl/α,β-unsaturated/α-hetero) is 1. The minimum atomic E-state index is -1.21. The van der Waals surface area contributed by atoms with Gasteiger partial charge >= 0.3 is 11.9 Å². The summed E-state index contributed by atoms with van der Waals surface area (Å²) in [5, 5.41) is 18.2. The number of hydrogen-bond acceptors (Lipinski definition) is 3. The van der Waals surface area contributed by atoms with E-state index in [0.717, 1.165) is 0 Å². The van der Waals surface area contributed by atoms with Gasteiger partial charge in [0.05, 0.1) is 11.8 Å². The van der Waals surface area contributed by atoms with Gasteiger partial charge in [-0.25, -0.2) is 0 Å². The Morgan fingerprint density at radius 1 is 0.889 bits per heavy atom. The Hall–Kier alpha value is -1.39. The van der Waals surface area contributed by atoms with Crippen LogP contribution in [0.1, 0.15) is 40.5 Å². The third kappa shape index (κ3) is 5.29. The van der Waals surface area contributed by atoms with E-state index in [1.807, 2.05) is 13.8 Å². The summed E-state index contributed by atoms with van der Waals surface area (Å²) in [6, 6.07) is 0. The van der Waals surface area contributed by atoms with E-state index in [4.69, 9.17) is 10.2 Å². The van der Waals surface area contributed by atoms with Crippen molar-refractivity contribution in [1.82, 2.24) is 0 Å². The Morgan fingerprint density at radius 3 is 1.61 bits per heavy atom. The molecule has 104 valence electrons. The van der Waals surface area contributed by atoms with E-state index >= 15 is 0 Å². The third-order valence-corrected chi connectivity index (χ3v) is 2.91. The van der Waals surface area contributed by atoms with E-state index in [0.29, 0.717) is 0 Å². The van der Waals surface area contributed by atoms with Gasteiger partial charge in [-0.1, -0.05) is 27.7 Å². The molecule has 0 radical (unpaired) electrons. The zero-order chi connectivity index (χ0) is 14.5. The average Bonchev–Trinajstić information content (AvgIpc) is 2.21. The first-order valence-corrected chi connectivity index (χ1v) is 6.15. The first kappa shape index (κ1) is 16.6. The van der Waals surface area contributed by atoms with Gasteiger partial charge in [0.15, 0.2) is 0 Å². The van der Waals surface area contributed by atoms with Crippen LogP contribution in [0, 0.1) is 23.7 Å². The molecule has 0 spiro atoms. The highest BCUT2D eigenvalue weighted by molar-refractivity contribution is 5.88. The van der Waals surface area contributed by atoms with E-state index in [1.54, 1.807) is 13.8 Å². The molecule has 2 unspecified atom stereocenters. The Balaban J connectivity index is 4.98. The van der Waals surface area contributed by atoms with Crippen LogP contribution in [-0.4, -0.2) is 27.9 Å². The molecule has 0 saturated heterocycles. The summed E-state index contributed by atoms with van der Waals surface area (Å²) >= 11 is 0. The molecule has 18 heavy (non-hydrogen) atoms. The van der Waals surface area contributed by atoms with Gasteiger partial charge in [-0.05, 0) is 12.3 Å². The summed E-state index contributed by atoms with van der Waals surface area (Å²) < 4.78 is 0. The monoisotopic (exact) mass is 258 g/mol. The molecule has 2 atom stereocenters. The van der Waals surface area contributed by atoms with Gasteiger partial charge < -0.3 is 10.2 Å². The van der Waals surface area contributed by atoms with Crippen molar-refractivity contribution >= 4 is 17.7 Å². The van der Waals surface area contributed by atoms with Gasteiger partial charge in [-0.2, -0.15) is 0 Å². The predicted octanol–water partition coefficient (Wildman–Crippen LogP) is 2.05. The van der Waals surface area contributed by atoms with Gasteiger partial charge in [0.1, 0.15) is 5.78 Å². The van der Waals surface area contributed by atoms with Crippen molar-refractivity contribution in [2.24, 2.45) is 23.7 Å². The zero-order valence-corrected chi connectivity index (χ0v) is 11.3. The van der Waals surface area contributed by atoms with E-state index in [9.17, 15) is 14.4 Å². The van der Waals surface area contributed by atoms with Crippen LogP contribution in [0.4, 0.5) is 0 Å². The molecule has 0 aromatic rings. The van der Waals surface area contributed by atoms with Crippen LogP contribution in [0.5, 0.6) is 0 Å². The lowest BCUT2D eigenvalue weighted by atomic mass is 9.81. The molecule has 0 rings (SSSR count). The van der Waals surface area contributed by atoms with Crippen molar-refractivity contribution in [3.05, 3.63) is 0 Å². The molecule has 5 nitrogen and oxygen atoms in total. The largest absolute Gasteiger partial charge is 0.481 e. The molecule has 0 fully saturated rings. The Bertz CT molecular complexity index is 319. The van der Waals surface area contributed by atoms with Crippen molar-refractivity contribution in [3.63, 3.8) is 0 Å². The first-order chi connectivity index (χ1) is 8.16. The van der Waals surface area contributed by atoms with Crippen LogP contribution in [0.25, 0.3) is 0 Å². The molecule has 0 saturated carbocycles. The van der Waals surface area contributed by atoms with Crippen LogP contribution in [-0.2, 0) is 14.4 Å². The quantitative estimate of drug-likeness (QED) is 0.695. The van der Waals surface area contributed by atoms with E-state index in [-0.39, 0.29) is 30.5 Å². The van der Waals surface area contributed by atoms with Crippen molar-refractivity contribution in [3.8, 4) is 0 Å². The number of carbonyl (C=O) groups is 3. The van der Waals surface area contributed by atoms with Crippen LogP contribution in [0.3, 0.4) is 0 Å². The van der Waals surface area contributed by atoms with E-state index in [2.05, 4.69) is 0 Å². The molecular formula is C13H22O5. The summed E-state index contributed by atoms with van der Waals surface area (Å²) in [6.45, 7) is 7.02. The highest BCUT2D eigenvalue weighted by Crippen LogP contribution is 2.25. The molecule has 0 amide bonds. The number of aliphatic carboxylic acids is 2. The summed E-state index contributed by atoms with van der Waals surface area (Å²) in [6.07, 6.45) is 0.0500. The molecule has 2 N–H and O–H groups in total. The van der Waals surface area contributed by atoms with E-state index in [1.165, 1.54) is 0 Å². The second-order valence-corrected chi connectivity index (χ2v) is 5.34. The number of carboxylic acids is 2. The smallest absolute Gasteiger partial charge is 0.307 e. The second kappa shape index (κ2) is 7.13. The van der Waals surface area contributed by atoms with Crippen molar-refractivity contribution in [2.45, 2.75) is 40.5 Å². The van der Waals surface area contributed by atoms with E-state index < -0.39 is 23.8 Å². The molecule has 0 aromatic heterocycles. The SMILES string of the molecule is CC(C)CC(C(=O)O)C(CC(=O)C(C)C)C(=O)O. The molecule has 0 aliphatic heterocycles. The molecule has 0 aromatic carbocycles. The second-order valence-electron chi connectivity index (χ2n) is 5.34. The lowest BCUT2D eigenvalue weighted by Gasteiger charge is -2.22. The number of rotatable bonds is 8. The maximum atomic E-state index is 11.6. The maximum absolute atomic E-state index is 11.6. The third-order valence-electron chi connectivity index (χ3n) is 2.91. The van der Waals surface area contributed by atoms with Gasteiger partial charge in [0, 0.05) is 12.3 Å². The average molecular weight is 258 g/mol. The standard InChI is InChI=1S/C13H22O5/c1-7(2)5-9(12(15)16)10(13(17)18)6-11(14)8(3)4/h7-10H,5-6H2,1-4H3,(H,15,16)(H,17,18). The van der Waals surface area contributed by atoms with Gasteiger partial charge in [0.2, 0.25) is 0 Å². The fraction of sp³-hybridized carbons (Fsp3) is 0.769. The van der Waals surface area contributed by atoms with Crippen LogP contribution >= 0.6 is 0 Å². The molecule has 5 heteroatoms. The van der Waals surface area contributed by atoms with Gasteiger partial charge in [-0.15, -0.1) is 0 Å². The highest BCUT2D eigenvalue weighted by Gasteiger charge is 2.35. The molecule has 0 aliphatic carbocycles. The summed E-state index contributed by atoms with van der Waals surface area (Å²) in [7, 11) is 0. The number of hydrogen-bond donors (Lipinski definition) is 2. The summed E-state index contributed by atoms with van der Waals surface area (Å²) in [5.41, 5.74) is 0. The van der Waals surface area contributed by atoms with Crippen LogP contribution < -0.4 is 0 Å². The van der Waals surface area contributed by atoms with Gasteiger partial charge in [0.25, 0.3) is 0 Å². The fourth-order valence-electron chi connectivity index (χ4n) is 1.80. The number of ketones is 1.